The fourth-order valence-corrected chi connectivity index (χ4v) is 7.14. The van der Waals surface area contributed by atoms with Crippen molar-refractivity contribution in [2.24, 2.45) is 0 Å². The van der Waals surface area contributed by atoms with Gasteiger partial charge >= 0.3 is 58.2 Å². The van der Waals surface area contributed by atoms with Crippen molar-refractivity contribution in [3.8, 4) is 5.75 Å². The van der Waals surface area contributed by atoms with E-state index in [4.69, 9.17) is 28.4 Å². The summed E-state index contributed by atoms with van der Waals surface area (Å²) in [7, 11) is 1.44. The van der Waals surface area contributed by atoms with Gasteiger partial charge in [0.15, 0.2) is 6.03 Å². The molecule has 1 fully saturated rings. The molecule has 0 aliphatic carbocycles. The van der Waals surface area contributed by atoms with Crippen LogP contribution in [0.15, 0.2) is 170 Å². The van der Waals surface area contributed by atoms with Gasteiger partial charge in [0.25, 0.3) is 0 Å². The first-order valence-corrected chi connectivity index (χ1v) is 20.0. The van der Waals surface area contributed by atoms with Crippen LogP contribution < -0.4 is 68.2 Å². The first-order chi connectivity index (χ1) is 29.1. The van der Waals surface area contributed by atoms with Gasteiger partial charge < -0.3 is 39.1 Å². The Hall–Kier alpha value is -4.00. The van der Waals surface area contributed by atoms with Crippen molar-refractivity contribution in [2.45, 2.75) is 63.4 Å². The molecule has 60 heavy (non-hydrogen) atoms. The van der Waals surface area contributed by atoms with Crippen molar-refractivity contribution in [3.63, 3.8) is 0 Å². The number of urea groups is 1. The maximum atomic E-state index is 11.5. The van der Waals surface area contributed by atoms with Gasteiger partial charge in [-0.3, -0.25) is 4.79 Å². The predicted octanol–water partition coefficient (Wildman–Crippen LogP) is 6.74. The molecule has 1 aliphatic heterocycles. The molecular weight excluding hydrogens is 826 g/mol. The maximum Gasteiger partial charge on any atom is 1.00 e. The van der Waals surface area contributed by atoms with Crippen LogP contribution in [-0.4, -0.2) is 50.8 Å². The molecule has 0 radical (unpaired) electrons. The van der Waals surface area contributed by atoms with Crippen molar-refractivity contribution in [1.29, 1.82) is 0 Å². The first-order valence-electron chi connectivity index (χ1n) is 20.0. The number of carbonyl (C=O) groups excluding carboxylic acids is 1. The largest absolute Gasteiger partial charge is 1.00 e. The van der Waals surface area contributed by atoms with Crippen LogP contribution in [-0.2, 0) is 56.5 Å². The minimum absolute atomic E-state index is 0. The molecule has 2 amide bonds. The molecule has 7 rings (SSSR count). The Morgan fingerprint density at radius 1 is 0.567 bits per heavy atom. The molecule has 1 unspecified atom stereocenters. The van der Waals surface area contributed by atoms with Crippen LogP contribution in [0.4, 0.5) is 4.79 Å². The number of hydrogen-bond donors (Lipinski definition) is 1. The molecule has 1 heterocycles. The minimum Gasteiger partial charge on any atom is -0.494 e. The van der Waals surface area contributed by atoms with Gasteiger partial charge in [-0.05, 0) is 57.5 Å². The molecule has 0 bridgehead atoms. The predicted molar refractivity (Wildman–Crippen MR) is 228 cm³/mol. The van der Waals surface area contributed by atoms with Crippen LogP contribution in [0.2, 0.25) is 0 Å². The zero-order valence-electron chi connectivity index (χ0n) is 34.3. The number of nitrogens with one attached hydrogen (secondary N) is 1. The monoisotopic (exact) mass is 876 g/mol. The third-order valence-electron chi connectivity index (χ3n) is 10.2. The van der Waals surface area contributed by atoms with E-state index in [1.54, 1.807) is 0 Å². The third-order valence-corrected chi connectivity index (χ3v) is 10.2. The fourth-order valence-electron chi connectivity index (χ4n) is 7.14. The van der Waals surface area contributed by atoms with Crippen molar-refractivity contribution in [1.82, 2.24) is 5.32 Å². The quantitative estimate of drug-likeness (QED) is 0.0901. The normalized spacial score (nSPS) is 18.5. The zero-order valence-corrected chi connectivity index (χ0v) is 39.2. The number of nitrogens with zero attached hydrogens (tertiary/aromatic N) is 1. The van der Waals surface area contributed by atoms with E-state index in [2.05, 4.69) is 83.4 Å². The number of benzene rings is 6. The minimum atomic E-state index is -0.544. The summed E-state index contributed by atoms with van der Waals surface area (Å²) in [6, 6.07) is 56.6. The molecule has 1 aliphatic rings. The van der Waals surface area contributed by atoms with Gasteiger partial charge in [-0.1, -0.05) is 165 Å². The van der Waals surface area contributed by atoms with Crippen molar-refractivity contribution < 1.29 is 91.4 Å². The second kappa shape index (κ2) is 24.4. The van der Waals surface area contributed by atoms with E-state index < -0.39 is 36.6 Å². The zero-order chi connectivity index (χ0) is 40.5. The van der Waals surface area contributed by atoms with Gasteiger partial charge in [0.2, 0.25) is 0 Å². The van der Waals surface area contributed by atoms with Crippen LogP contribution >= 0.6 is 0 Å². The smallest absolute Gasteiger partial charge is 0.494 e. The molecule has 1 N–H and O–H groups in total. The Morgan fingerprint density at radius 3 is 1.62 bits per heavy atom. The summed E-state index contributed by atoms with van der Waals surface area (Å²) < 4.78 is 40.0. The van der Waals surface area contributed by atoms with Gasteiger partial charge in [-0.2, -0.15) is 0 Å². The summed E-state index contributed by atoms with van der Waals surface area (Å²) >= 11 is 0. The van der Waals surface area contributed by atoms with Crippen LogP contribution in [0.3, 0.4) is 0 Å². The van der Waals surface area contributed by atoms with Gasteiger partial charge in [-0.15, -0.1) is 0 Å². The van der Waals surface area contributed by atoms with Crippen LogP contribution in [0.5, 0.6) is 5.75 Å². The van der Waals surface area contributed by atoms with Gasteiger partial charge in [-0.25, -0.2) is 0 Å². The maximum absolute atomic E-state index is 11.5. The van der Waals surface area contributed by atoms with Crippen LogP contribution in [0, 0.1) is 0 Å². The molecule has 0 aromatic heterocycles. The fraction of sp³-hybridized carbons (Fsp3) is 0.260. The van der Waals surface area contributed by atoms with E-state index >= 15 is 0 Å². The molecule has 304 valence electrons. The molecular formula is C50H51N2O7Rb. The van der Waals surface area contributed by atoms with Gasteiger partial charge in [0, 0.05) is 0 Å². The number of amides is 2. The van der Waals surface area contributed by atoms with Gasteiger partial charge in [0.1, 0.15) is 36.3 Å². The van der Waals surface area contributed by atoms with Crippen LogP contribution in [0.1, 0.15) is 45.0 Å². The van der Waals surface area contributed by atoms with Crippen molar-refractivity contribution >= 4 is 6.03 Å². The summed E-state index contributed by atoms with van der Waals surface area (Å²) in [5, 5.41) is 6.14. The summed E-state index contributed by atoms with van der Waals surface area (Å²) in [6.07, 6.45) is -1.92. The Kier molecular flexibility index (Phi) is 18.5. The number of ether oxygens (including phenoxy) is 6. The topological polar surface area (TPSA) is 98.6 Å². The van der Waals surface area contributed by atoms with Crippen molar-refractivity contribution in [3.05, 3.63) is 214 Å². The SMILES string of the molecule is C[N-]C(=O)NCOc1ccc(Cc2cccc([C@@H]3O[C@H](COCc4ccccc4)C(OCc4ccccc4)[C@H](OCc4ccccc4)[C@H]3OCc3ccccc3)c2)cc1.[Rb+]. The van der Waals surface area contributed by atoms with E-state index in [0.717, 1.165) is 38.9 Å². The molecule has 1 saturated heterocycles. The van der Waals surface area contributed by atoms with E-state index in [-0.39, 0.29) is 71.5 Å². The Morgan fingerprint density at radius 2 is 1.07 bits per heavy atom. The molecule has 6 aromatic carbocycles. The van der Waals surface area contributed by atoms with Crippen molar-refractivity contribution in [2.75, 3.05) is 20.4 Å². The molecule has 0 saturated carbocycles. The molecule has 6 aromatic rings. The Labute approximate surface area is 402 Å². The molecule has 10 heteroatoms. The number of hydrogen-bond acceptors (Lipinski definition) is 7. The average molecular weight is 877 g/mol. The summed E-state index contributed by atoms with van der Waals surface area (Å²) in [4.78, 5) is 11.5. The Balaban J connectivity index is 0.00000604. The first kappa shape index (κ1) is 45.5. The van der Waals surface area contributed by atoms with E-state index in [0.29, 0.717) is 38.6 Å². The Bertz CT molecular complexity index is 2130. The molecule has 9 nitrogen and oxygen atoms in total. The van der Waals surface area contributed by atoms with E-state index in [1.807, 2.05) is 97.1 Å². The van der Waals surface area contributed by atoms with Crippen LogP contribution in [0.25, 0.3) is 5.32 Å². The number of rotatable bonds is 19. The summed E-state index contributed by atoms with van der Waals surface area (Å²) in [6.45, 7) is 1.86. The molecule has 0 spiro atoms. The second-order valence-corrected chi connectivity index (χ2v) is 14.4. The number of carbonyl (C=O) groups is 1. The third kappa shape index (κ3) is 13.8. The average Bonchev–Trinajstić information content (AvgIpc) is 3.29. The van der Waals surface area contributed by atoms with E-state index in [9.17, 15) is 4.79 Å². The second-order valence-electron chi connectivity index (χ2n) is 14.4. The standard InChI is InChI=1S/C50H52N2O7.Rb/c1-51-50(53)52-36-58-44-27-25-37(26-28-44)29-42-23-14-24-43(30-42)46-48(56-33-40-19-10-4-11-20-40)49(57-34-41-21-12-5-13-22-41)47(55-32-39-17-8-3-9-18-39)45(59-46)35-54-31-38-15-6-2-7-16-38;/h2-28,30,45-49H,29,31-36H2,1H3,(H2,51,52,53);/q;+1/p-1/t45-,46+,47?,48+,49+;/m1./s1. The summed E-state index contributed by atoms with van der Waals surface area (Å²) in [5.74, 6) is 0.652. The van der Waals surface area contributed by atoms with Gasteiger partial charge in [0.05, 0.1) is 39.8 Å². The van der Waals surface area contributed by atoms with E-state index in [1.165, 1.54) is 7.05 Å². The summed E-state index contributed by atoms with van der Waals surface area (Å²) in [5.41, 5.74) is 7.42. The molecule has 5 atom stereocenters.